The topological polar surface area (TPSA) is 306 Å². The average molecular weight is 1010 g/mol. The highest BCUT2D eigenvalue weighted by atomic mass is 16.6. The summed E-state index contributed by atoms with van der Waals surface area (Å²) in [5, 5.41) is 23.2. The highest BCUT2D eigenvalue weighted by Gasteiger charge is 2.36. The van der Waals surface area contributed by atoms with Gasteiger partial charge in [0, 0.05) is 76.6 Å². The molecule has 0 radical (unpaired) electrons. The van der Waals surface area contributed by atoms with E-state index in [9.17, 15) is 24.0 Å². The van der Waals surface area contributed by atoms with Crippen LogP contribution in [0.4, 0.5) is 14.4 Å². The van der Waals surface area contributed by atoms with Crippen molar-refractivity contribution in [3.8, 4) is 29.2 Å². The Labute approximate surface area is 426 Å². The predicted molar refractivity (Wildman–Crippen MR) is 265 cm³/mol. The summed E-state index contributed by atoms with van der Waals surface area (Å²) < 4.78 is 20.5. The molecule has 4 saturated heterocycles. The molecule has 4 amide bonds. The zero-order valence-electron chi connectivity index (χ0n) is 43.6. The number of nitrogens with one attached hydrogen (secondary N) is 3. The summed E-state index contributed by atoms with van der Waals surface area (Å²) in [6, 6.07) is 11.3. The number of carbonyl (C=O) groups excluding carboxylic acids is 5. The third-order valence-corrected chi connectivity index (χ3v) is 11.5. The molecule has 4 aromatic heterocycles. The summed E-state index contributed by atoms with van der Waals surface area (Å²) in [6.07, 6.45) is 7.63. The van der Waals surface area contributed by atoms with E-state index < -0.39 is 16.8 Å². The molecule has 4 aliphatic heterocycles. The molecule has 73 heavy (non-hydrogen) atoms. The highest BCUT2D eigenvalue weighted by Crippen LogP contribution is 2.28. The number of H-pyrrole nitrogens is 2. The normalized spacial score (nSPS) is 19.5. The van der Waals surface area contributed by atoms with Gasteiger partial charge in [-0.2, -0.15) is 15.5 Å². The maximum Gasteiger partial charge on any atom is 0.410 e. The van der Waals surface area contributed by atoms with Crippen LogP contribution in [0.2, 0.25) is 0 Å². The molecule has 0 bridgehead atoms. The summed E-state index contributed by atoms with van der Waals surface area (Å²) in [4.78, 5) is 81.9. The first kappa shape index (κ1) is 56.5. The smallest absolute Gasteiger partial charge is 0.410 e. The summed E-state index contributed by atoms with van der Waals surface area (Å²) >= 11 is 0. The maximum absolute atomic E-state index is 12.1. The molecule has 8 rings (SSSR count). The van der Waals surface area contributed by atoms with Gasteiger partial charge >= 0.3 is 24.2 Å². The van der Waals surface area contributed by atoms with Crippen molar-refractivity contribution in [3.05, 3.63) is 60.4 Å². The minimum Gasteiger partial charge on any atom is -0.469 e. The van der Waals surface area contributed by atoms with Crippen LogP contribution in [-0.2, 0) is 28.5 Å². The van der Waals surface area contributed by atoms with E-state index in [1.165, 1.54) is 12.0 Å². The van der Waals surface area contributed by atoms with Gasteiger partial charge in [0.1, 0.15) is 39.8 Å². The molecule has 24 heteroatoms. The van der Waals surface area contributed by atoms with Crippen molar-refractivity contribution >= 4 is 30.2 Å². The summed E-state index contributed by atoms with van der Waals surface area (Å²) in [7, 11) is 1.36. The quantitative estimate of drug-likeness (QED) is 0.0471. The molecule has 0 aliphatic carbocycles. The van der Waals surface area contributed by atoms with Crippen LogP contribution in [0.25, 0.3) is 23.0 Å². The number of aromatic amines is 2. The van der Waals surface area contributed by atoms with Gasteiger partial charge in [-0.05, 0) is 112 Å². The van der Waals surface area contributed by atoms with Crippen LogP contribution in [0.1, 0.15) is 111 Å². The minimum absolute atomic E-state index is 0.146. The van der Waals surface area contributed by atoms with Gasteiger partial charge < -0.3 is 38.5 Å². The Morgan fingerprint density at radius 2 is 1.05 bits per heavy atom. The first-order valence-electron chi connectivity index (χ1n) is 24.3. The number of methoxy groups -OCH3 is 1. The number of carbonyl (C=O) groups is 5. The minimum atomic E-state index is -0.509. The summed E-state index contributed by atoms with van der Waals surface area (Å²) in [6.45, 7) is 21.1. The van der Waals surface area contributed by atoms with E-state index in [-0.39, 0.29) is 53.8 Å². The van der Waals surface area contributed by atoms with Crippen LogP contribution in [0, 0.1) is 23.3 Å². The van der Waals surface area contributed by atoms with E-state index in [0.29, 0.717) is 70.3 Å². The van der Waals surface area contributed by atoms with Crippen LogP contribution in [-0.4, -0.2) is 166 Å². The second kappa shape index (κ2) is 25.3. The van der Waals surface area contributed by atoms with Crippen LogP contribution < -0.4 is 11.3 Å². The molecule has 4 aliphatic rings. The maximum atomic E-state index is 12.1. The Hall–Kier alpha value is -7.42. The van der Waals surface area contributed by atoms with Crippen molar-refractivity contribution in [1.29, 1.82) is 5.26 Å². The number of hydrogen-bond donors (Lipinski definition) is 4. The molecule has 0 saturated carbocycles. The third kappa shape index (κ3) is 17.7. The number of amides is 4. The van der Waals surface area contributed by atoms with E-state index in [2.05, 4.69) is 56.7 Å². The number of pyridine rings is 2. The van der Waals surface area contributed by atoms with Gasteiger partial charge in [0.2, 0.25) is 5.91 Å². The summed E-state index contributed by atoms with van der Waals surface area (Å²) in [5.74, 6) is 7.34. The number of nitriles is 1. The highest BCUT2D eigenvalue weighted by molar-refractivity contribution is 5.80. The lowest BCUT2D eigenvalue weighted by Gasteiger charge is -2.24. The van der Waals surface area contributed by atoms with Gasteiger partial charge in [-0.1, -0.05) is 12.1 Å². The van der Waals surface area contributed by atoms with E-state index in [1.54, 1.807) is 27.1 Å². The number of hydrazine groups is 1. The van der Waals surface area contributed by atoms with Crippen molar-refractivity contribution in [3.63, 3.8) is 0 Å². The summed E-state index contributed by atoms with van der Waals surface area (Å²) in [5.41, 5.74) is 2.10. The van der Waals surface area contributed by atoms with Crippen molar-refractivity contribution in [1.82, 2.24) is 65.4 Å². The molecule has 0 spiro atoms. The lowest BCUT2D eigenvalue weighted by Crippen LogP contribution is -2.39. The van der Waals surface area contributed by atoms with Crippen LogP contribution in [0.15, 0.2) is 48.8 Å². The molecule has 5 N–H and O–H groups in total. The van der Waals surface area contributed by atoms with E-state index in [0.717, 1.165) is 42.4 Å². The van der Waals surface area contributed by atoms with Crippen molar-refractivity contribution < 1.29 is 42.9 Å². The Bertz CT molecular complexity index is 2420. The Kier molecular flexibility index (Phi) is 19.6. The van der Waals surface area contributed by atoms with Crippen LogP contribution in [0.5, 0.6) is 0 Å². The fraction of sp³-hybridized carbons (Fsp3) is 0.592. The van der Waals surface area contributed by atoms with E-state index in [1.807, 2.05) is 98.7 Å². The van der Waals surface area contributed by atoms with Gasteiger partial charge in [-0.15, -0.1) is 0 Å². The second-order valence-electron chi connectivity index (χ2n) is 20.8. The number of rotatable bonds is 6. The number of ether oxygens (including phenoxy) is 4. The van der Waals surface area contributed by atoms with Crippen LogP contribution >= 0.6 is 0 Å². The molecular weight excluding hydrogens is 943 g/mol. The second-order valence-corrected chi connectivity index (χ2v) is 20.8. The zero-order chi connectivity index (χ0) is 53.5. The molecule has 8 heterocycles. The lowest BCUT2D eigenvalue weighted by molar-refractivity contribution is -0.144. The molecule has 4 fully saturated rings. The first-order valence-corrected chi connectivity index (χ1v) is 24.3. The predicted octanol–water partition coefficient (Wildman–Crippen LogP) is 5.38. The van der Waals surface area contributed by atoms with E-state index in [4.69, 9.17) is 25.3 Å². The van der Waals surface area contributed by atoms with Crippen molar-refractivity contribution in [2.45, 2.75) is 117 Å². The molecule has 24 nitrogen and oxygen atoms in total. The van der Waals surface area contributed by atoms with Gasteiger partial charge in [0.25, 0.3) is 0 Å². The largest absolute Gasteiger partial charge is 0.469 e. The molecule has 4 atom stereocenters. The Morgan fingerprint density at radius 3 is 1.47 bits per heavy atom. The standard InChI is InChI=1S/C16H21N5O2.C12H12N6.C11H19NO4.C10H19N3O3/c1-16(2,3)23-15(22)21-9-7-11(10-21)13-18-14(20-19-13)12-6-4-5-8-17-12;13-8-18-6-4-9(7-18)11-15-12(17-16-11)10-3-1-2-5-14-10;1-11(2,3)16-10(14)12-6-5-8(7-12)9(13)15-4;1-10(2,3)16-9(15)13-5-4-7(6-13)8(14)12-11/h4-6,8,11H,7,9-10H2,1-3H3,(H,18,19,20);1-3,5,9H,4,6-7H2,(H,15,16,17);8H,5-7H2,1-4H3;7H,4-6,11H2,1-3H3,(H,12,14). The lowest BCUT2D eigenvalue weighted by atomic mass is 10.1. The molecule has 4 aromatic rings. The SMILES string of the molecule is CC(C)(C)OC(=O)N1CCC(C(=O)NN)C1.CC(C)(C)OC(=O)N1CCC(c2nc(-c3ccccn3)n[nH]2)C1.COC(=O)C1CCN(C(=O)OC(C)(C)C)C1.N#CN1CCC(c2nc(-c3ccccn3)n[nH]2)C1. The van der Waals surface area contributed by atoms with Crippen LogP contribution in [0.3, 0.4) is 0 Å². The number of nitrogens with two attached hydrogens (primary N) is 1. The molecule has 4 unspecified atom stereocenters. The van der Waals surface area contributed by atoms with Gasteiger partial charge in [-0.3, -0.25) is 35.2 Å². The van der Waals surface area contributed by atoms with Gasteiger partial charge in [0.05, 0.1) is 18.9 Å². The first-order chi connectivity index (χ1) is 34.4. The fourth-order valence-electron chi connectivity index (χ4n) is 7.88. The molecule has 396 valence electrons. The Balaban J connectivity index is 0.000000183. The van der Waals surface area contributed by atoms with Gasteiger partial charge in [-0.25, -0.2) is 30.2 Å². The number of aromatic nitrogens is 8. The molecule has 0 aromatic carbocycles. The van der Waals surface area contributed by atoms with Crippen molar-refractivity contribution in [2.75, 3.05) is 59.5 Å². The third-order valence-electron chi connectivity index (χ3n) is 11.5. The van der Waals surface area contributed by atoms with Crippen molar-refractivity contribution in [2.24, 2.45) is 17.7 Å². The molecular formula is C49H71N15O9. The Morgan fingerprint density at radius 1 is 0.630 bits per heavy atom. The van der Waals surface area contributed by atoms with E-state index >= 15 is 0 Å². The fourth-order valence-corrected chi connectivity index (χ4v) is 7.88. The number of hydrogen-bond acceptors (Lipinski definition) is 18. The average Bonchev–Trinajstić information content (AvgIpc) is 4.21. The van der Waals surface area contributed by atoms with Gasteiger partial charge in [0.15, 0.2) is 17.8 Å². The monoisotopic (exact) mass is 1010 g/mol. The number of esters is 1. The zero-order valence-corrected chi connectivity index (χ0v) is 43.6. The number of nitrogens with zero attached hydrogens (tertiary/aromatic N) is 11. The number of likely N-dealkylation sites (tertiary alicyclic amines) is 4.